The number of ether oxygens (including phenoxy) is 2. The van der Waals surface area contributed by atoms with E-state index in [1.165, 1.54) is 43.7 Å². The van der Waals surface area contributed by atoms with Crippen molar-refractivity contribution < 1.29 is 29.1 Å². The monoisotopic (exact) mass is 463 g/mol. The molecular weight excluding hydrogens is 442 g/mol. The number of methoxy groups -OCH3 is 1. The summed E-state index contributed by atoms with van der Waals surface area (Å²) in [6.45, 7) is 0.0758. The zero-order valence-corrected chi connectivity index (χ0v) is 18.1. The highest BCUT2D eigenvalue weighted by atomic mass is 16.6. The van der Waals surface area contributed by atoms with Crippen LogP contribution in [0.25, 0.3) is 0 Å². The van der Waals surface area contributed by atoms with Gasteiger partial charge in [-0.05, 0) is 29.8 Å². The number of carboxylic acid groups (broad SMARTS) is 1. The van der Waals surface area contributed by atoms with E-state index in [-0.39, 0.29) is 29.8 Å². The summed E-state index contributed by atoms with van der Waals surface area (Å²) in [5.41, 5.74) is 3.77. The molecule has 3 aromatic rings. The van der Waals surface area contributed by atoms with Crippen molar-refractivity contribution in [2.24, 2.45) is 5.10 Å². The largest absolute Gasteiger partial charge is 0.493 e. The van der Waals surface area contributed by atoms with Gasteiger partial charge in [0.05, 0.1) is 30.2 Å². The molecule has 3 rings (SSSR count). The molecule has 0 aliphatic carbocycles. The normalized spacial score (nSPS) is 10.6. The first-order valence-corrected chi connectivity index (χ1v) is 10.0. The van der Waals surface area contributed by atoms with Crippen LogP contribution >= 0.6 is 0 Å². The highest BCUT2D eigenvalue weighted by molar-refractivity contribution is 5.88. The van der Waals surface area contributed by atoms with Crippen molar-refractivity contribution in [3.05, 3.63) is 99.1 Å². The van der Waals surface area contributed by atoms with Gasteiger partial charge >= 0.3 is 5.97 Å². The maximum atomic E-state index is 12.2. The third kappa shape index (κ3) is 6.16. The molecule has 0 aromatic heterocycles. The predicted octanol–water partition coefficient (Wildman–Crippen LogP) is 3.57. The Morgan fingerprint density at radius 2 is 1.88 bits per heavy atom. The fourth-order valence-corrected chi connectivity index (χ4v) is 3.12. The van der Waals surface area contributed by atoms with Crippen LogP contribution in [0.3, 0.4) is 0 Å². The molecule has 0 spiro atoms. The zero-order chi connectivity index (χ0) is 24.5. The molecule has 0 aliphatic heterocycles. The summed E-state index contributed by atoms with van der Waals surface area (Å²) in [7, 11) is 1.47. The van der Waals surface area contributed by atoms with Gasteiger partial charge in [-0.15, -0.1) is 0 Å². The average molecular weight is 463 g/mol. The minimum atomic E-state index is -1.04. The van der Waals surface area contributed by atoms with Crippen molar-refractivity contribution in [3.8, 4) is 11.5 Å². The number of nitrogens with zero attached hydrogens (tertiary/aromatic N) is 2. The SMILES string of the molecule is COc1cccc(/C=N/NC(=O)Cc2ccccc2[N+](=O)[O-])c1OCc1cccc(C(=O)O)c1. The maximum absolute atomic E-state index is 12.2. The minimum absolute atomic E-state index is 0.0758. The summed E-state index contributed by atoms with van der Waals surface area (Å²) < 4.78 is 11.2. The van der Waals surface area contributed by atoms with Crippen LogP contribution in [0.2, 0.25) is 0 Å². The molecule has 174 valence electrons. The standard InChI is InChI=1S/C24H21N3O7/c1-33-21-11-5-9-19(23(21)34-15-16-6-4-8-18(12-16)24(29)30)14-25-26-22(28)13-17-7-2-3-10-20(17)27(31)32/h2-12,14H,13,15H2,1H3,(H,26,28)(H,29,30)/b25-14+. The molecule has 34 heavy (non-hydrogen) atoms. The average Bonchev–Trinajstić information content (AvgIpc) is 2.83. The molecule has 0 saturated carbocycles. The van der Waals surface area contributed by atoms with Crippen LogP contribution in [-0.4, -0.2) is 35.2 Å². The van der Waals surface area contributed by atoms with E-state index < -0.39 is 16.8 Å². The van der Waals surface area contributed by atoms with E-state index >= 15 is 0 Å². The van der Waals surface area contributed by atoms with E-state index in [0.717, 1.165) is 0 Å². The number of benzene rings is 3. The number of carbonyl (C=O) groups excluding carboxylic acids is 1. The van der Waals surface area contributed by atoms with Gasteiger partial charge < -0.3 is 14.6 Å². The van der Waals surface area contributed by atoms with Crippen molar-refractivity contribution >= 4 is 23.8 Å². The van der Waals surface area contributed by atoms with E-state index in [2.05, 4.69) is 10.5 Å². The molecule has 0 radical (unpaired) electrons. The lowest BCUT2D eigenvalue weighted by Gasteiger charge is -2.13. The third-order valence-electron chi connectivity index (χ3n) is 4.72. The number of rotatable bonds is 10. The number of aromatic carboxylic acids is 1. The van der Waals surface area contributed by atoms with E-state index in [9.17, 15) is 19.7 Å². The van der Waals surface area contributed by atoms with Gasteiger partial charge in [0.2, 0.25) is 5.91 Å². The van der Waals surface area contributed by atoms with Gasteiger partial charge in [-0.1, -0.05) is 36.4 Å². The van der Waals surface area contributed by atoms with Gasteiger partial charge in [0.15, 0.2) is 11.5 Å². The molecule has 2 N–H and O–H groups in total. The van der Waals surface area contributed by atoms with Gasteiger partial charge in [-0.3, -0.25) is 14.9 Å². The zero-order valence-electron chi connectivity index (χ0n) is 18.1. The van der Waals surface area contributed by atoms with Gasteiger partial charge in [0.25, 0.3) is 5.69 Å². The number of para-hydroxylation sites is 2. The fourth-order valence-electron chi connectivity index (χ4n) is 3.12. The highest BCUT2D eigenvalue weighted by Crippen LogP contribution is 2.31. The number of amides is 1. The second-order valence-electron chi connectivity index (χ2n) is 7.03. The molecule has 0 saturated heterocycles. The molecule has 0 atom stereocenters. The Kier molecular flexibility index (Phi) is 7.90. The lowest BCUT2D eigenvalue weighted by atomic mass is 10.1. The number of nitro benzene ring substituents is 1. The van der Waals surface area contributed by atoms with Crippen LogP contribution in [-0.2, 0) is 17.8 Å². The van der Waals surface area contributed by atoms with Crippen molar-refractivity contribution in [1.82, 2.24) is 5.43 Å². The number of nitrogens with one attached hydrogen (secondary N) is 1. The Labute approximate surface area is 194 Å². The molecule has 0 unspecified atom stereocenters. The Morgan fingerprint density at radius 3 is 2.62 bits per heavy atom. The molecule has 10 nitrogen and oxygen atoms in total. The van der Waals surface area contributed by atoms with Crippen molar-refractivity contribution in [1.29, 1.82) is 0 Å². The van der Waals surface area contributed by atoms with Gasteiger partial charge in [0, 0.05) is 17.2 Å². The fraction of sp³-hybridized carbons (Fsp3) is 0.125. The van der Waals surface area contributed by atoms with Crippen LogP contribution in [0, 0.1) is 10.1 Å². The number of carbonyl (C=O) groups is 2. The number of nitro groups is 1. The Bertz CT molecular complexity index is 1240. The smallest absolute Gasteiger partial charge is 0.335 e. The maximum Gasteiger partial charge on any atom is 0.335 e. The first-order valence-electron chi connectivity index (χ1n) is 10.0. The quantitative estimate of drug-likeness (QED) is 0.266. The Hall–Kier alpha value is -4.73. The summed E-state index contributed by atoms with van der Waals surface area (Å²) in [4.78, 5) is 34.0. The van der Waals surface area contributed by atoms with E-state index in [0.29, 0.717) is 22.6 Å². The number of hydrazone groups is 1. The van der Waals surface area contributed by atoms with Gasteiger partial charge in [0.1, 0.15) is 6.61 Å². The lowest BCUT2D eigenvalue weighted by Crippen LogP contribution is -2.20. The summed E-state index contributed by atoms with van der Waals surface area (Å²) in [5, 5.41) is 24.2. The van der Waals surface area contributed by atoms with Crippen LogP contribution in [0.1, 0.15) is 27.0 Å². The first-order chi connectivity index (χ1) is 16.4. The topological polar surface area (TPSA) is 140 Å². The number of carboxylic acids is 1. The molecule has 0 bridgehead atoms. The number of hydrogen-bond acceptors (Lipinski definition) is 7. The highest BCUT2D eigenvalue weighted by Gasteiger charge is 2.15. The van der Waals surface area contributed by atoms with Crippen molar-refractivity contribution in [2.45, 2.75) is 13.0 Å². The van der Waals surface area contributed by atoms with E-state index in [4.69, 9.17) is 14.6 Å². The van der Waals surface area contributed by atoms with Gasteiger partial charge in [-0.25, -0.2) is 10.2 Å². The predicted molar refractivity (Wildman–Crippen MR) is 123 cm³/mol. The summed E-state index contributed by atoms with van der Waals surface area (Å²) in [6, 6.07) is 17.4. The molecule has 0 heterocycles. The second kappa shape index (κ2) is 11.2. The van der Waals surface area contributed by atoms with Crippen molar-refractivity contribution in [2.75, 3.05) is 7.11 Å². The summed E-state index contributed by atoms with van der Waals surface area (Å²) >= 11 is 0. The van der Waals surface area contributed by atoms with Crippen molar-refractivity contribution in [3.63, 3.8) is 0 Å². The molecule has 0 aliphatic rings. The summed E-state index contributed by atoms with van der Waals surface area (Å²) in [6.07, 6.45) is 1.15. The Balaban J connectivity index is 1.71. The van der Waals surface area contributed by atoms with Crippen LogP contribution in [0.5, 0.6) is 11.5 Å². The first kappa shape index (κ1) is 23.9. The lowest BCUT2D eigenvalue weighted by molar-refractivity contribution is -0.385. The minimum Gasteiger partial charge on any atom is -0.493 e. The third-order valence-corrected chi connectivity index (χ3v) is 4.72. The summed E-state index contributed by atoms with van der Waals surface area (Å²) in [5.74, 6) is -0.794. The molecule has 1 amide bonds. The van der Waals surface area contributed by atoms with E-state index in [1.54, 1.807) is 36.4 Å². The number of hydrogen-bond donors (Lipinski definition) is 2. The molecule has 3 aromatic carbocycles. The van der Waals surface area contributed by atoms with Crippen LogP contribution < -0.4 is 14.9 Å². The second-order valence-corrected chi connectivity index (χ2v) is 7.03. The Morgan fingerprint density at radius 1 is 1.12 bits per heavy atom. The van der Waals surface area contributed by atoms with Gasteiger partial charge in [-0.2, -0.15) is 5.10 Å². The van der Waals surface area contributed by atoms with E-state index in [1.807, 2.05) is 0 Å². The molecule has 0 fully saturated rings. The van der Waals surface area contributed by atoms with Crippen LogP contribution in [0.4, 0.5) is 5.69 Å². The molecule has 10 heteroatoms. The molecular formula is C24H21N3O7. The van der Waals surface area contributed by atoms with Crippen LogP contribution in [0.15, 0.2) is 71.8 Å².